The van der Waals surface area contributed by atoms with Gasteiger partial charge in [0.25, 0.3) is 0 Å². The number of carbonyl (C=O) groups is 2. The number of amides is 2. The highest BCUT2D eigenvalue weighted by molar-refractivity contribution is 5.83. The van der Waals surface area contributed by atoms with Crippen LogP contribution in [0.4, 0.5) is 0 Å². The molecule has 0 aromatic heterocycles. The highest BCUT2D eigenvalue weighted by atomic mass is 16.7. The molecule has 5 fully saturated rings. The maximum Gasteiger partial charge on any atom is 0.240 e. The Kier molecular flexibility index (Phi) is 16.5. The van der Waals surface area contributed by atoms with Crippen LogP contribution in [-0.2, 0) is 19.2 Å². The summed E-state index contributed by atoms with van der Waals surface area (Å²) in [6.07, 6.45) is 10.3. The van der Waals surface area contributed by atoms with Crippen LogP contribution in [0.3, 0.4) is 0 Å². The molecule has 6 unspecified atom stereocenters. The molecule has 2 amide bonds. The van der Waals surface area contributed by atoms with Crippen LogP contribution in [0.1, 0.15) is 132 Å². The molecule has 10 nitrogen and oxygen atoms in total. The van der Waals surface area contributed by atoms with Crippen molar-refractivity contribution in [2.75, 3.05) is 34.4 Å². The number of hydroxylamine groups is 2. The molecule has 0 aromatic carbocycles. The molecule has 1 heterocycles. The Morgan fingerprint density at radius 1 is 0.981 bits per heavy atom. The topological polar surface area (TPSA) is 124 Å². The summed E-state index contributed by atoms with van der Waals surface area (Å²) in [5, 5.41) is 29.9. The maximum absolute atomic E-state index is 14.2. The molecule has 15 atom stereocenters. The fraction of sp³-hybridized carbons (Fsp3) is 0.953. The number of hydrogen-bond donors (Lipinski definition) is 4. The van der Waals surface area contributed by atoms with Gasteiger partial charge in [0.2, 0.25) is 11.8 Å². The van der Waals surface area contributed by atoms with Gasteiger partial charge in [0.05, 0.1) is 18.8 Å². The first-order valence-electron chi connectivity index (χ1n) is 21.7. The number of ether oxygens (including phenoxy) is 1. The molecular weight excluding hydrogens is 668 g/mol. The third kappa shape index (κ3) is 9.99. The summed E-state index contributed by atoms with van der Waals surface area (Å²) in [6.45, 7) is 17.7. The van der Waals surface area contributed by atoms with E-state index >= 15 is 0 Å². The molecule has 5 aliphatic rings. The molecule has 53 heavy (non-hydrogen) atoms. The monoisotopic (exact) mass is 749 g/mol. The van der Waals surface area contributed by atoms with Crippen molar-refractivity contribution in [2.45, 2.75) is 175 Å². The lowest BCUT2D eigenvalue weighted by Gasteiger charge is -2.62. The minimum atomic E-state index is -0.828. The Hall–Kier alpha value is -1.30. The number of nitrogens with zero attached hydrogens (tertiary/aromatic N) is 2. The van der Waals surface area contributed by atoms with Crippen molar-refractivity contribution in [3.05, 3.63) is 0 Å². The molecule has 0 spiro atoms. The number of hydrogen-bond acceptors (Lipinski definition) is 8. The normalized spacial score (nSPS) is 35.6. The quantitative estimate of drug-likeness (QED) is 0.119. The third-order valence-electron chi connectivity index (χ3n) is 15.0. The Morgan fingerprint density at radius 3 is 2.21 bits per heavy atom. The molecular formula is C43H80N4O6. The molecule has 10 heteroatoms. The largest absolute Gasteiger partial charge is 0.394 e. The predicted molar refractivity (Wildman–Crippen MR) is 212 cm³/mol. The van der Waals surface area contributed by atoms with Crippen molar-refractivity contribution in [1.29, 1.82) is 0 Å². The second kappa shape index (κ2) is 19.7. The van der Waals surface area contributed by atoms with Gasteiger partial charge in [-0.2, -0.15) is 5.06 Å². The Bertz CT molecular complexity index is 1150. The SMILES string of the molecule is CCCC(C1CC(C(=O)N[C@H](CC)C(CC)CCC)CC(N(C)C)C1)C(CCN1O[C@@H](CO)[C@@H]([C@H](C)O)[C@H]1C(=O)N[C@H]1C[C@H]2C[C@@H]([C@@H]1C)C2(C)C)OC. The van der Waals surface area contributed by atoms with Crippen molar-refractivity contribution in [1.82, 2.24) is 20.6 Å². The first-order valence-corrected chi connectivity index (χ1v) is 21.7. The number of fused-ring (bicyclic) bond motifs is 2. The Balaban J connectivity index is 1.50. The van der Waals surface area contributed by atoms with Crippen LogP contribution in [-0.4, -0.2) is 109 Å². The third-order valence-corrected chi connectivity index (χ3v) is 15.0. The minimum absolute atomic E-state index is 0.0444. The number of methoxy groups -OCH3 is 1. The molecule has 2 bridgehead atoms. The minimum Gasteiger partial charge on any atom is -0.394 e. The lowest BCUT2D eigenvalue weighted by atomic mass is 9.45. The average Bonchev–Trinajstić information content (AvgIpc) is 3.52. The van der Waals surface area contributed by atoms with Crippen LogP contribution < -0.4 is 10.6 Å². The average molecular weight is 749 g/mol. The van der Waals surface area contributed by atoms with Crippen LogP contribution in [0.5, 0.6) is 0 Å². The molecule has 4 N–H and O–H groups in total. The van der Waals surface area contributed by atoms with E-state index in [-0.39, 0.29) is 48.4 Å². The fourth-order valence-electron chi connectivity index (χ4n) is 11.6. The fourth-order valence-corrected chi connectivity index (χ4v) is 11.6. The lowest BCUT2D eigenvalue weighted by Crippen LogP contribution is -2.62. The lowest BCUT2D eigenvalue weighted by molar-refractivity contribution is -0.182. The van der Waals surface area contributed by atoms with Gasteiger partial charge >= 0.3 is 0 Å². The predicted octanol–water partition coefficient (Wildman–Crippen LogP) is 6.04. The summed E-state index contributed by atoms with van der Waals surface area (Å²) in [5.41, 5.74) is 0.316. The van der Waals surface area contributed by atoms with E-state index in [0.29, 0.717) is 54.0 Å². The van der Waals surface area contributed by atoms with E-state index in [0.717, 1.165) is 64.2 Å². The number of carbonyl (C=O) groups excluding carboxylic acids is 2. The molecule has 0 radical (unpaired) electrons. The van der Waals surface area contributed by atoms with Gasteiger partial charge < -0.3 is 30.5 Å². The van der Waals surface area contributed by atoms with Crippen LogP contribution >= 0.6 is 0 Å². The van der Waals surface area contributed by atoms with Crippen molar-refractivity contribution in [3.8, 4) is 0 Å². The maximum atomic E-state index is 14.2. The summed E-state index contributed by atoms with van der Waals surface area (Å²) >= 11 is 0. The second-order valence-corrected chi connectivity index (χ2v) is 18.6. The van der Waals surface area contributed by atoms with Crippen molar-refractivity contribution >= 4 is 11.8 Å². The van der Waals surface area contributed by atoms with Crippen LogP contribution in [0.25, 0.3) is 0 Å². The van der Waals surface area contributed by atoms with E-state index in [9.17, 15) is 19.8 Å². The summed E-state index contributed by atoms with van der Waals surface area (Å²) in [6, 6.07) is -0.0935. The van der Waals surface area contributed by atoms with Gasteiger partial charge in [-0.25, -0.2) is 0 Å². The van der Waals surface area contributed by atoms with Crippen molar-refractivity contribution in [3.63, 3.8) is 0 Å². The smallest absolute Gasteiger partial charge is 0.240 e. The highest BCUT2D eigenvalue weighted by Gasteiger charge is 2.57. The molecule has 4 saturated carbocycles. The summed E-state index contributed by atoms with van der Waals surface area (Å²) in [7, 11) is 6.06. The zero-order valence-electron chi connectivity index (χ0n) is 35.5. The summed E-state index contributed by atoms with van der Waals surface area (Å²) in [5.74, 6) is 2.14. The van der Waals surface area contributed by atoms with Gasteiger partial charge in [0, 0.05) is 43.6 Å². The molecule has 4 aliphatic carbocycles. The molecule has 308 valence electrons. The van der Waals surface area contributed by atoms with E-state index in [4.69, 9.17) is 9.57 Å². The first kappa shape index (κ1) is 44.4. The van der Waals surface area contributed by atoms with Gasteiger partial charge in [-0.1, -0.05) is 67.7 Å². The van der Waals surface area contributed by atoms with E-state index in [1.807, 2.05) is 0 Å². The zero-order chi connectivity index (χ0) is 39.2. The van der Waals surface area contributed by atoms with Crippen molar-refractivity contribution in [2.24, 2.45) is 52.8 Å². The van der Waals surface area contributed by atoms with Gasteiger partial charge in [-0.15, -0.1) is 0 Å². The van der Waals surface area contributed by atoms with E-state index in [2.05, 4.69) is 78.1 Å². The van der Waals surface area contributed by atoms with Crippen molar-refractivity contribution < 1.29 is 29.4 Å². The second-order valence-electron chi connectivity index (χ2n) is 18.6. The number of nitrogens with one attached hydrogen (secondary N) is 2. The highest BCUT2D eigenvalue weighted by Crippen LogP contribution is 2.61. The van der Waals surface area contributed by atoms with E-state index < -0.39 is 24.2 Å². The van der Waals surface area contributed by atoms with Gasteiger partial charge in [-0.05, 0) is 120 Å². The van der Waals surface area contributed by atoms with Gasteiger partial charge in [-0.3, -0.25) is 14.4 Å². The summed E-state index contributed by atoms with van der Waals surface area (Å²) < 4.78 is 6.32. The number of rotatable bonds is 20. The zero-order valence-corrected chi connectivity index (χ0v) is 35.5. The first-order chi connectivity index (χ1) is 25.2. The van der Waals surface area contributed by atoms with Crippen LogP contribution in [0, 0.1) is 52.8 Å². The van der Waals surface area contributed by atoms with Gasteiger partial charge in [0.15, 0.2) is 0 Å². The Labute approximate surface area is 323 Å². The molecule has 1 aliphatic heterocycles. The van der Waals surface area contributed by atoms with Crippen LogP contribution in [0.2, 0.25) is 0 Å². The number of aliphatic hydroxyl groups excluding tert-OH is 2. The molecule has 5 rings (SSSR count). The number of aliphatic hydroxyl groups is 2. The summed E-state index contributed by atoms with van der Waals surface area (Å²) in [4.78, 5) is 36.9. The molecule has 1 saturated heterocycles. The Morgan fingerprint density at radius 2 is 1.68 bits per heavy atom. The standard InChI is InChI=1S/C43H80N4O6/c1-12-16-28(14-3)35(15-4)44-41(50)30-20-29(21-32(22-30)46(9)10)33(17-13-2)37(52-11)18-19-47-40(39(27(6)49)38(25-48)53-47)42(51)45-36-24-31-23-34(26(36)5)43(31,7)8/h26-40,48-49H,12-25H2,1-11H3,(H,44,50)(H,45,51)/t26-,27-,28?,29?,30?,31+,32?,33?,34-,35+,36-,37?,38-,39+,40-/m0/s1. The van der Waals surface area contributed by atoms with Gasteiger partial charge in [0.1, 0.15) is 12.1 Å². The van der Waals surface area contributed by atoms with Crippen LogP contribution in [0.15, 0.2) is 0 Å². The van der Waals surface area contributed by atoms with E-state index in [1.54, 1.807) is 19.1 Å². The van der Waals surface area contributed by atoms with E-state index in [1.165, 1.54) is 6.42 Å². The molecule has 0 aromatic rings.